The lowest BCUT2D eigenvalue weighted by atomic mass is 10.1. The first-order chi connectivity index (χ1) is 12.5. The van der Waals surface area contributed by atoms with Crippen molar-refractivity contribution in [2.45, 2.75) is 13.8 Å². The Bertz CT molecular complexity index is 1120. The highest BCUT2D eigenvalue weighted by Gasteiger charge is 2.15. The molecule has 0 aliphatic rings. The van der Waals surface area contributed by atoms with Gasteiger partial charge in [-0.1, -0.05) is 40.9 Å². The lowest BCUT2D eigenvalue weighted by Crippen LogP contribution is -2.01. The third-order valence-electron chi connectivity index (χ3n) is 4.01. The van der Waals surface area contributed by atoms with Gasteiger partial charge in [0, 0.05) is 5.02 Å². The fourth-order valence-electron chi connectivity index (χ4n) is 2.79. The lowest BCUT2D eigenvalue weighted by Gasteiger charge is -2.09. The van der Waals surface area contributed by atoms with Crippen LogP contribution in [0.4, 0.5) is 0 Å². The summed E-state index contributed by atoms with van der Waals surface area (Å²) in [5, 5.41) is 6.12. The molecule has 0 spiro atoms. The monoisotopic (exact) mass is 384 g/mol. The summed E-state index contributed by atoms with van der Waals surface area (Å²) in [7, 11) is 0. The van der Waals surface area contributed by atoms with E-state index >= 15 is 0 Å². The highest BCUT2D eigenvalue weighted by atomic mass is 35.5. The molecule has 0 fully saturated rings. The van der Waals surface area contributed by atoms with Crippen LogP contribution in [0.2, 0.25) is 10.0 Å². The van der Waals surface area contributed by atoms with Gasteiger partial charge in [-0.25, -0.2) is 14.6 Å². The zero-order valence-electron chi connectivity index (χ0n) is 14.1. The summed E-state index contributed by atoms with van der Waals surface area (Å²) >= 11 is 12.1. The second-order valence-electron chi connectivity index (χ2n) is 5.94. The van der Waals surface area contributed by atoms with Crippen molar-refractivity contribution < 1.29 is 4.74 Å². The molecule has 5 nitrogen and oxygen atoms in total. The fourth-order valence-corrected chi connectivity index (χ4v) is 3.23. The molecule has 26 heavy (non-hydrogen) atoms. The van der Waals surface area contributed by atoms with Crippen LogP contribution in [0.5, 0.6) is 11.6 Å². The number of benzene rings is 2. The lowest BCUT2D eigenvalue weighted by molar-refractivity contribution is 0.468. The van der Waals surface area contributed by atoms with Gasteiger partial charge >= 0.3 is 0 Å². The number of aromatic nitrogens is 4. The number of nitrogens with zero attached hydrogens (tertiary/aromatic N) is 4. The predicted octanol–water partition coefficient (Wildman–Crippen LogP) is 5.53. The Balaban J connectivity index is 1.80. The van der Waals surface area contributed by atoms with Crippen molar-refractivity contribution >= 4 is 34.2 Å². The van der Waals surface area contributed by atoms with Crippen LogP contribution in [0.25, 0.3) is 16.7 Å². The first-order valence-electron chi connectivity index (χ1n) is 7.92. The maximum absolute atomic E-state index is 6.19. The molecule has 0 saturated heterocycles. The van der Waals surface area contributed by atoms with E-state index in [4.69, 9.17) is 27.9 Å². The molecule has 0 unspecified atom stereocenters. The Morgan fingerprint density at radius 2 is 1.85 bits per heavy atom. The summed E-state index contributed by atoms with van der Waals surface area (Å²) < 4.78 is 7.66. The van der Waals surface area contributed by atoms with E-state index in [0.29, 0.717) is 32.7 Å². The molecule has 4 aromatic rings. The highest BCUT2D eigenvalue weighted by Crippen LogP contribution is 2.33. The standard InChI is InChI=1S/C19H14Cl2N4O/c1-11-3-5-16(12(2)7-11)25-18-14(9-24-25)19(23-10-22-18)26-17-6-4-13(20)8-15(17)21/h3-10H,1-2H3. The van der Waals surface area contributed by atoms with Crippen LogP contribution in [0, 0.1) is 13.8 Å². The summed E-state index contributed by atoms with van der Waals surface area (Å²) in [6, 6.07) is 11.2. The van der Waals surface area contributed by atoms with Crippen molar-refractivity contribution in [2.75, 3.05) is 0 Å². The fraction of sp³-hybridized carbons (Fsp3) is 0.105. The van der Waals surface area contributed by atoms with Crippen molar-refractivity contribution in [3.05, 3.63) is 70.1 Å². The molecular formula is C19H14Cl2N4O. The van der Waals surface area contributed by atoms with Crippen LogP contribution in [0.1, 0.15) is 11.1 Å². The van der Waals surface area contributed by atoms with Gasteiger partial charge in [0.2, 0.25) is 5.88 Å². The molecule has 0 radical (unpaired) electrons. The van der Waals surface area contributed by atoms with Gasteiger partial charge < -0.3 is 4.74 Å². The van der Waals surface area contributed by atoms with Gasteiger partial charge in [-0.15, -0.1) is 0 Å². The predicted molar refractivity (Wildman–Crippen MR) is 103 cm³/mol. The normalized spacial score (nSPS) is 11.1. The summed E-state index contributed by atoms with van der Waals surface area (Å²) in [5.74, 6) is 0.852. The van der Waals surface area contributed by atoms with Crippen LogP contribution < -0.4 is 4.74 Å². The minimum Gasteiger partial charge on any atom is -0.437 e. The summed E-state index contributed by atoms with van der Waals surface area (Å²) in [5.41, 5.74) is 3.92. The van der Waals surface area contributed by atoms with Gasteiger partial charge in [-0.3, -0.25) is 0 Å². The Hall–Kier alpha value is -2.63. The van der Waals surface area contributed by atoms with Crippen LogP contribution >= 0.6 is 23.2 Å². The largest absolute Gasteiger partial charge is 0.437 e. The number of ether oxygens (including phenoxy) is 1. The van der Waals surface area contributed by atoms with Crippen molar-refractivity contribution in [3.8, 4) is 17.3 Å². The molecule has 0 N–H and O–H groups in total. The van der Waals surface area contributed by atoms with Crippen molar-refractivity contribution in [2.24, 2.45) is 0 Å². The van der Waals surface area contributed by atoms with Crippen LogP contribution in [0.3, 0.4) is 0 Å². The molecular weight excluding hydrogens is 371 g/mol. The van der Waals surface area contributed by atoms with E-state index < -0.39 is 0 Å². The van der Waals surface area contributed by atoms with E-state index in [1.807, 2.05) is 19.1 Å². The molecule has 0 amide bonds. The molecule has 7 heteroatoms. The number of fused-ring (bicyclic) bond motifs is 1. The Labute approximate surface area is 160 Å². The van der Waals surface area contributed by atoms with E-state index in [1.165, 1.54) is 11.9 Å². The number of rotatable bonds is 3. The van der Waals surface area contributed by atoms with E-state index in [1.54, 1.807) is 29.1 Å². The van der Waals surface area contributed by atoms with Crippen molar-refractivity contribution in [3.63, 3.8) is 0 Å². The molecule has 4 rings (SSSR count). The van der Waals surface area contributed by atoms with Crippen molar-refractivity contribution in [1.29, 1.82) is 0 Å². The van der Waals surface area contributed by atoms with E-state index in [2.05, 4.69) is 28.1 Å². The molecule has 0 atom stereocenters. The molecule has 0 aliphatic heterocycles. The smallest absolute Gasteiger partial charge is 0.233 e. The van der Waals surface area contributed by atoms with Gasteiger partial charge in [0.1, 0.15) is 17.5 Å². The summed E-state index contributed by atoms with van der Waals surface area (Å²) in [6.07, 6.45) is 3.14. The molecule has 0 aliphatic carbocycles. The average Bonchev–Trinajstić information content (AvgIpc) is 3.02. The Kier molecular flexibility index (Phi) is 4.26. The molecule has 2 aromatic carbocycles. The van der Waals surface area contributed by atoms with E-state index in [0.717, 1.165) is 11.3 Å². The minimum atomic E-state index is 0.384. The maximum Gasteiger partial charge on any atom is 0.233 e. The molecule has 0 bridgehead atoms. The Morgan fingerprint density at radius 1 is 1.00 bits per heavy atom. The minimum absolute atomic E-state index is 0.384. The number of hydrogen-bond acceptors (Lipinski definition) is 4. The van der Waals surface area contributed by atoms with Gasteiger partial charge in [-0.05, 0) is 43.7 Å². The first kappa shape index (κ1) is 16.8. The zero-order valence-corrected chi connectivity index (χ0v) is 15.6. The summed E-state index contributed by atoms with van der Waals surface area (Å²) in [4.78, 5) is 8.61. The average molecular weight is 385 g/mol. The summed E-state index contributed by atoms with van der Waals surface area (Å²) in [6.45, 7) is 4.10. The van der Waals surface area contributed by atoms with Crippen molar-refractivity contribution in [1.82, 2.24) is 19.7 Å². The Morgan fingerprint density at radius 3 is 2.62 bits per heavy atom. The van der Waals surface area contributed by atoms with Crippen LogP contribution in [0.15, 0.2) is 48.9 Å². The molecule has 130 valence electrons. The van der Waals surface area contributed by atoms with Crippen LogP contribution in [-0.2, 0) is 0 Å². The first-order valence-corrected chi connectivity index (χ1v) is 8.68. The van der Waals surface area contributed by atoms with Gasteiger partial charge in [-0.2, -0.15) is 5.10 Å². The third-order valence-corrected chi connectivity index (χ3v) is 4.54. The zero-order chi connectivity index (χ0) is 18.3. The second kappa shape index (κ2) is 6.59. The van der Waals surface area contributed by atoms with Gasteiger partial charge in [0.15, 0.2) is 5.65 Å². The molecule has 2 aromatic heterocycles. The maximum atomic E-state index is 6.19. The SMILES string of the molecule is Cc1ccc(-n2ncc3c(Oc4ccc(Cl)cc4Cl)ncnc32)c(C)c1. The van der Waals surface area contributed by atoms with Crippen LogP contribution in [-0.4, -0.2) is 19.7 Å². The second-order valence-corrected chi connectivity index (χ2v) is 6.78. The number of aryl methyl sites for hydroxylation is 2. The van der Waals surface area contributed by atoms with Gasteiger partial charge in [0.25, 0.3) is 0 Å². The highest BCUT2D eigenvalue weighted by molar-refractivity contribution is 6.35. The van der Waals surface area contributed by atoms with E-state index in [9.17, 15) is 0 Å². The molecule has 2 heterocycles. The number of halogens is 2. The topological polar surface area (TPSA) is 52.8 Å². The molecule has 0 saturated carbocycles. The number of hydrogen-bond donors (Lipinski definition) is 0. The quantitative estimate of drug-likeness (QED) is 0.465. The van der Waals surface area contributed by atoms with E-state index in [-0.39, 0.29) is 0 Å². The third kappa shape index (κ3) is 3.00. The van der Waals surface area contributed by atoms with Gasteiger partial charge in [0.05, 0.1) is 16.9 Å².